The summed E-state index contributed by atoms with van der Waals surface area (Å²) in [6, 6.07) is 44.9. The van der Waals surface area contributed by atoms with Crippen LogP contribution in [0.3, 0.4) is 0 Å². The van der Waals surface area contributed by atoms with E-state index in [1.165, 1.54) is 64.2 Å². The maximum Gasteiger partial charge on any atom is 0.0969 e. The molecule has 0 aliphatic heterocycles. The molecule has 4 aromatic carbocycles. The van der Waals surface area contributed by atoms with Gasteiger partial charge < -0.3 is 0 Å². The van der Waals surface area contributed by atoms with Crippen molar-refractivity contribution >= 4 is 37.1 Å². The summed E-state index contributed by atoms with van der Waals surface area (Å²) in [5.41, 5.74) is 1.84. The molecule has 0 atom stereocenters. The van der Waals surface area contributed by atoms with Crippen molar-refractivity contribution in [2.75, 3.05) is 0 Å². The molecular weight excluding hydrogens is 553 g/mol. The van der Waals surface area contributed by atoms with Gasteiger partial charge in [-0.2, -0.15) is 0 Å². The van der Waals surface area contributed by atoms with Crippen LogP contribution in [-0.4, -0.2) is 11.3 Å². The molecule has 0 saturated heterocycles. The van der Waals surface area contributed by atoms with Crippen LogP contribution >= 0.6 is 15.8 Å². The van der Waals surface area contributed by atoms with Crippen LogP contribution < -0.4 is 21.2 Å². The van der Waals surface area contributed by atoms with E-state index in [1.54, 1.807) is 21.2 Å². The van der Waals surface area contributed by atoms with Crippen LogP contribution in [0.2, 0.25) is 0 Å². The average molecular weight is 598 g/mol. The maximum atomic E-state index is 2.34. The van der Waals surface area contributed by atoms with E-state index in [4.69, 9.17) is 0 Å². The molecule has 2 fully saturated rings. The van der Waals surface area contributed by atoms with E-state index >= 15 is 0 Å². The number of hydrogen-bond acceptors (Lipinski definition) is 0. The Hall–Kier alpha value is -1.75. The Morgan fingerprint density at radius 3 is 0.795 bits per heavy atom. The molecule has 0 spiro atoms. The Balaban J connectivity index is 0.000000176. The van der Waals surface area contributed by atoms with E-state index in [0.29, 0.717) is 0 Å². The molecule has 0 unspecified atom stereocenters. The van der Waals surface area contributed by atoms with Gasteiger partial charge in [0.05, 0.1) is 48.4 Å². The normalized spacial score (nSPS) is 16.3. The second-order valence-electron chi connectivity index (χ2n) is 11.0. The van der Waals surface area contributed by atoms with Gasteiger partial charge in [0.25, 0.3) is 0 Å². The van der Waals surface area contributed by atoms with Crippen LogP contribution in [0.5, 0.6) is 0 Å². The molecule has 2 aliphatic carbocycles. The van der Waals surface area contributed by atoms with Crippen molar-refractivity contribution in [3.63, 3.8) is 0 Å². The fourth-order valence-corrected chi connectivity index (χ4v) is 13.3. The molecule has 0 N–H and O–H groups in total. The third-order valence-electron chi connectivity index (χ3n) is 8.37. The van der Waals surface area contributed by atoms with Crippen LogP contribution in [0.1, 0.15) is 64.2 Å². The second-order valence-corrected chi connectivity index (χ2v) is 16.6. The minimum atomic E-state index is -0.600. The van der Waals surface area contributed by atoms with Crippen molar-refractivity contribution in [1.29, 1.82) is 0 Å². The summed E-state index contributed by atoms with van der Waals surface area (Å²) in [6.45, 7) is 0. The monoisotopic (exact) mass is 597 g/mol. The van der Waals surface area contributed by atoms with E-state index in [9.17, 15) is 0 Å². The fraction of sp³-hybridized carbons (Fsp3) is 0.333. The third kappa shape index (κ3) is 8.61. The number of rotatable bonds is 6. The average Bonchev–Trinajstić information content (AvgIpc) is 3.01. The first-order chi connectivity index (χ1) is 18.9. The van der Waals surface area contributed by atoms with Crippen molar-refractivity contribution in [2.24, 2.45) is 0 Å². The summed E-state index contributed by atoms with van der Waals surface area (Å²) in [7, 11) is -1.20. The molecule has 3 heteroatoms. The molecular formula is C36H44CoP2+2. The Bertz CT molecular complexity index is 996. The zero-order valence-corrected chi connectivity index (χ0v) is 26.1. The van der Waals surface area contributed by atoms with Gasteiger partial charge in [0.1, 0.15) is 0 Å². The first-order valence-corrected chi connectivity index (χ1v) is 18.0. The second kappa shape index (κ2) is 16.5. The van der Waals surface area contributed by atoms with Crippen molar-refractivity contribution in [2.45, 2.75) is 75.5 Å². The van der Waals surface area contributed by atoms with Gasteiger partial charge in [-0.25, -0.2) is 0 Å². The van der Waals surface area contributed by atoms with Gasteiger partial charge in [-0.05, 0) is 99.9 Å². The molecule has 0 heterocycles. The molecule has 2 saturated carbocycles. The van der Waals surface area contributed by atoms with Gasteiger partial charge >= 0.3 is 0 Å². The van der Waals surface area contributed by atoms with Crippen LogP contribution in [0.4, 0.5) is 0 Å². The fourth-order valence-electron chi connectivity index (χ4n) is 6.53. The molecule has 0 amide bonds. The zero-order chi connectivity index (χ0) is 25.8. The first-order valence-electron chi connectivity index (χ1n) is 14.9. The zero-order valence-electron chi connectivity index (χ0n) is 23.1. The Morgan fingerprint density at radius 1 is 0.333 bits per heavy atom. The summed E-state index contributed by atoms with van der Waals surface area (Å²) >= 11 is 0. The van der Waals surface area contributed by atoms with Crippen LogP contribution in [0.15, 0.2) is 121 Å². The summed E-state index contributed by atoms with van der Waals surface area (Å²) in [6.07, 6.45) is 14.3. The summed E-state index contributed by atoms with van der Waals surface area (Å²) < 4.78 is 0. The van der Waals surface area contributed by atoms with Crippen LogP contribution in [-0.2, 0) is 16.8 Å². The van der Waals surface area contributed by atoms with E-state index in [0.717, 1.165) is 11.3 Å². The molecule has 205 valence electrons. The van der Waals surface area contributed by atoms with Gasteiger partial charge in [-0.15, -0.1) is 0 Å². The molecule has 2 aliphatic rings. The van der Waals surface area contributed by atoms with Crippen molar-refractivity contribution < 1.29 is 16.8 Å². The molecule has 0 nitrogen and oxygen atoms in total. The molecule has 0 bridgehead atoms. The Kier molecular flexibility index (Phi) is 12.8. The summed E-state index contributed by atoms with van der Waals surface area (Å²) in [4.78, 5) is 0. The minimum Gasteiger partial charge on any atom is -0.0620 e. The van der Waals surface area contributed by atoms with E-state index in [-0.39, 0.29) is 16.8 Å². The predicted octanol–water partition coefficient (Wildman–Crippen LogP) is 8.37. The quantitative estimate of drug-likeness (QED) is 0.196. The molecule has 4 aromatic rings. The molecule has 0 aromatic heterocycles. The van der Waals surface area contributed by atoms with E-state index in [1.807, 2.05) is 0 Å². The third-order valence-corrected chi connectivity index (χ3v) is 15.0. The SMILES string of the molecule is [Co].c1ccc([PH+](c2ccccc2)C2CCCCC2)cc1.c1ccc([PH+](c2ccccc2)C2CCCCC2)cc1. The summed E-state index contributed by atoms with van der Waals surface area (Å²) in [5, 5.41) is 6.35. The minimum absolute atomic E-state index is 0. The molecule has 1 radical (unpaired) electrons. The predicted molar refractivity (Wildman–Crippen MR) is 175 cm³/mol. The number of hydrogen-bond donors (Lipinski definition) is 0. The summed E-state index contributed by atoms with van der Waals surface area (Å²) in [5.74, 6) is 0. The van der Waals surface area contributed by atoms with Gasteiger partial charge in [0, 0.05) is 16.8 Å². The number of benzene rings is 4. The molecule has 6 rings (SSSR count). The largest absolute Gasteiger partial charge is 0.0969 e. The Morgan fingerprint density at radius 2 is 0.564 bits per heavy atom. The smallest absolute Gasteiger partial charge is 0.0620 e. The van der Waals surface area contributed by atoms with Gasteiger partial charge in [-0.3, -0.25) is 0 Å². The standard InChI is InChI=1S/2C18H21P.Co/c2*1-4-10-16(11-5-1)19(17-12-6-2-7-13-17)18-14-8-3-9-15-18;/h2*1-2,4-7,10-13,18H,3,8-9,14-15H2;/p+2. The van der Waals surface area contributed by atoms with E-state index in [2.05, 4.69) is 121 Å². The van der Waals surface area contributed by atoms with Crippen LogP contribution in [0.25, 0.3) is 0 Å². The topological polar surface area (TPSA) is 0 Å². The van der Waals surface area contributed by atoms with Crippen molar-refractivity contribution in [1.82, 2.24) is 0 Å². The van der Waals surface area contributed by atoms with Crippen LogP contribution in [0, 0.1) is 0 Å². The Labute approximate surface area is 249 Å². The molecule has 39 heavy (non-hydrogen) atoms. The van der Waals surface area contributed by atoms with Gasteiger partial charge in [0.15, 0.2) is 0 Å². The van der Waals surface area contributed by atoms with Gasteiger partial charge in [0.2, 0.25) is 0 Å². The van der Waals surface area contributed by atoms with Gasteiger partial charge in [-0.1, -0.05) is 85.6 Å². The van der Waals surface area contributed by atoms with Crippen molar-refractivity contribution in [3.05, 3.63) is 121 Å². The van der Waals surface area contributed by atoms with E-state index < -0.39 is 15.8 Å². The first kappa shape index (κ1) is 30.2. The maximum absolute atomic E-state index is 2.34. The van der Waals surface area contributed by atoms with Crippen molar-refractivity contribution in [3.8, 4) is 0 Å².